The fraction of sp³-hybridized carbons (Fsp3) is 0.583. The van der Waals surface area contributed by atoms with Gasteiger partial charge in [-0.05, 0) is 27.2 Å². The Labute approximate surface area is 111 Å². The van der Waals surface area contributed by atoms with Gasteiger partial charge in [-0.15, -0.1) is 0 Å². The Balaban J connectivity index is 2.76. The van der Waals surface area contributed by atoms with E-state index in [9.17, 15) is 9.59 Å². The maximum absolute atomic E-state index is 11.8. The molecule has 0 aliphatic carbocycles. The Morgan fingerprint density at radius 3 is 2.42 bits per heavy atom. The van der Waals surface area contributed by atoms with Crippen molar-refractivity contribution in [1.82, 2.24) is 4.90 Å². The van der Waals surface area contributed by atoms with Crippen molar-refractivity contribution in [2.75, 3.05) is 13.1 Å². The van der Waals surface area contributed by atoms with E-state index in [1.165, 1.54) is 4.90 Å². The Kier molecular flexibility index (Phi) is 4.18. The maximum atomic E-state index is 11.8. The van der Waals surface area contributed by atoms with Crippen molar-refractivity contribution in [3.8, 4) is 0 Å². The van der Waals surface area contributed by atoms with Crippen LogP contribution < -0.4 is 5.73 Å². The lowest BCUT2D eigenvalue weighted by atomic mass is 10.0. The van der Waals surface area contributed by atoms with E-state index in [2.05, 4.69) is 0 Å². The molecule has 7 nitrogen and oxygen atoms in total. The van der Waals surface area contributed by atoms with Crippen LogP contribution in [0.3, 0.4) is 0 Å². The molecule has 1 rings (SSSR count). The Bertz CT molecular complexity index is 448. The first-order valence-corrected chi connectivity index (χ1v) is 5.89. The van der Waals surface area contributed by atoms with Gasteiger partial charge in [0, 0.05) is 17.8 Å². The first-order chi connectivity index (χ1) is 8.61. The Morgan fingerprint density at radius 1 is 1.42 bits per heavy atom. The maximum Gasteiger partial charge on any atom is 0.410 e. The molecule has 0 saturated heterocycles. The van der Waals surface area contributed by atoms with Gasteiger partial charge in [-0.3, -0.25) is 5.41 Å². The summed E-state index contributed by atoms with van der Waals surface area (Å²) in [5.41, 5.74) is 5.14. The Morgan fingerprint density at radius 2 is 2.00 bits per heavy atom. The summed E-state index contributed by atoms with van der Waals surface area (Å²) in [6.07, 6.45) is -0.243. The van der Waals surface area contributed by atoms with Crippen molar-refractivity contribution >= 4 is 17.8 Å². The number of hydrogen-bond donors (Lipinski definition) is 3. The quantitative estimate of drug-likeness (QED) is 0.645. The second kappa shape index (κ2) is 5.29. The smallest absolute Gasteiger partial charge is 0.410 e. The molecule has 19 heavy (non-hydrogen) atoms. The van der Waals surface area contributed by atoms with Gasteiger partial charge in [0.05, 0.1) is 6.54 Å². The molecule has 1 heterocycles. The van der Waals surface area contributed by atoms with Crippen molar-refractivity contribution in [3.63, 3.8) is 0 Å². The molecule has 1 aliphatic heterocycles. The van der Waals surface area contributed by atoms with Crippen LogP contribution in [-0.4, -0.2) is 46.5 Å². The molecule has 0 aromatic heterocycles. The molecule has 0 unspecified atom stereocenters. The molecule has 0 bridgehead atoms. The summed E-state index contributed by atoms with van der Waals surface area (Å²) < 4.78 is 5.21. The van der Waals surface area contributed by atoms with Gasteiger partial charge in [0.15, 0.2) is 0 Å². The number of carbonyl (C=O) groups excluding carboxylic acids is 1. The molecule has 1 amide bonds. The van der Waals surface area contributed by atoms with Gasteiger partial charge in [0.2, 0.25) is 0 Å². The summed E-state index contributed by atoms with van der Waals surface area (Å²) in [6, 6.07) is 0. The highest BCUT2D eigenvalue weighted by Crippen LogP contribution is 2.18. The summed E-state index contributed by atoms with van der Waals surface area (Å²) >= 11 is 0. The van der Waals surface area contributed by atoms with Gasteiger partial charge < -0.3 is 20.5 Å². The second-order valence-electron chi connectivity index (χ2n) is 5.34. The van der Waals surface area contributed by atoms with Gasteiger partial charge >= 0.3 is 12.1 Å². The average molecular weight is 269 g/mol. The predicted octanol–water partition coefficient (Wildman–Crippen LogP) is 0.944. The van der Waals surface area contributed by atoms with Crippen molar-refractivity contribution in [3.05, 3.63) is 11.3 Å². The molecule has 106 valence electrons. The van der Waals surface area contributed by atoms with Crippen LogP contribution in [0, 0.1) is 5.41 Å². The minimum atomic E-state index is -1.32. The van der Waals surface area contributed by atoms with Crippen LogP contribution in [0.25, 0.3) is 0 Å². The second-order valence-corrected chi connectivity index (χ2v) is 5.34. The molecule has 0 atom stereocenters. The molecule has 0 fully saturated rings. The van der Waals surface area contributed by atoms with Gasteiger partial charge in [0.1, 0.15) is 11.3 Å². The van der Waals surface area contributed by atoms with E-state index < -0.39 is 23.4 Å². The van der Waals surface area contributed by atoms with Crippen LogP contribution >= 0.6 is 0 Å². The lowest BCUT2D eigenvalue weighted by Gasteiger charge is -2.31. The third kappa shape index (κ3) is 3.97. The summed E-state index contributed by atoms with van der Waals surface area (Å²) in [4.78, 5) is 24.0. The monoisotopic (exact) mass is 269 g/mol. The van der Waals surface area contributed by atoms with E-state index in [1.54, 1.807) is 20.8 Å². The van der Waals surface area contributed by atoms with Gasteiger partial charge in [-0.1, -0.05) is 0 Å². The van der Waals surface area contributed by atoms with Crippen molar-refractivity contribution < 1.29 is 19.4 Å². The highest BCUT2D eigenvalue weighted by Gasteiger charge is 2.28. The molecule has 0 spiro atoms. The van der Waals surface area contributed by atoms with Crippen LogP contribution in [0.1, 0.15) is 27.2 Å². The first kappa shape index (κ1) is 15.0. The number of aliphatic carboxylic acids is 1. The molecule has 7 heteroatoms. The third-order valence-corrected chi connectivity index (χ3v) is 2.55. The normalized spacial score (nSPS) is 16.3. The third-order valence-electron chi connectivity index (χ3n) is 2.55. The van der Waals surface area contributed by atoms with Crippen LogP contribution in [0.2, 0.25) is 0 Å². The zero-order valence-electron chi connectivity index (χ0n) is 11.3. The zero-order chi connectivity index (χ0) is 14.8. The topological polar surface area (TPSA) is 117 Å². The van der Waals surface area contributed by atoms with E-state index in [-0.39, 0.29) is 24.2 Å². The van der Waals surface area contributed by atoms with Crippen molar-refractivity contribution in [2.24, 2.45) is 5.73 Å². The summed E-state index contributed by atoms with van der Waals surface area (Å²) in [5.74, 6) is -1.32. The highest BCUT2D eigenvalue weighted by molar-refractivity contribution is 6.41. The molecule has 0 radical (unpaired) electrons. The number of amides is 1. The van der Waals surface area contributed by atoms with E-state index in [4.69, 9.17) is 21.0 Å². The lowest BCUT2D eigenvalue weighted by Crippen LogP contribution is -2.43. The number of carboxylic acid groups (broad SMARTS) is 1. The number of carbonyl (C=O) groups is 2. The number of nitrogens with two attached hydrogens (primary N) is 1. The SMILES string of the molecule is CC(C)(C)OC(=O)N1CCC(C(=N)C(=O)O)=C(N)C1. The number of nitrogens with one attached hydrogen (secondary N) is 1. The van der Waals surface area contributed by atoms with E-state index in [0.29, 0.717) is 6.54 Å². The molecular weight excluding hydrogens is 250 g/mol. The molecule has 1 aliphatic rings. The molecular formula is C12H19N3O4. The molecule has 4 N–H and O–H groups in total. The number of rotatable bonds is 2. The van der Waals surface area contributed by atoms with E-state index in [1.807, 2.05) is 0 Å². The Hall–Kier alpha value is -2.05. The number of carboxylic acids is 1. The standard InChI is InChI=1S/C12H19N3O4/c1-12(2,3)19-11(18)15-5-4-7(8(13)6-15)9(14)10(16)17/h14H,4-6,13H2,1-3H3,(H,16,17). The minimum absolute atomic E-state index is 0.0832. The summed E-state index contributed by atoms with van der Waals surface area (Å²) in [7, 11) is 0. The van der Waals surface area contributed by atoms with Crippen molar-refractivity contribution in [1.29, 1.82) is 5.41 Å². The van der Waals surface area contributed by atoms with Gasteiger partial charge in [-0.25, -0.2) is 9.59 Å². The van der Waals surface area contributed by atoms with E-state index in [0.717, 1.165) is 0 Å². The van der Waals surface area contributed by atoms with Gasteiger partial charge in [0.25, 0.3) is 0 Å². The predicted molar refractivity (Wildman–Crippen MR) is 69.0 cm³/mol. The molecule has 0 aromatic rings. The minimum Gasteiger partial charge on any atom is -0.477 e. The van der Waals surface area contributed by atoms with Crippen LogP contribution in [-0.2, 0) is 9.53 Å². The van der Waals surface area contributed by atoms with E-state index >= 15 is 0 Å². The first-order valence-electron chi connectivity index (χ1n) is 5.89. The summed E-state index contributed by atoms with van der Waals surface area (Å²) in [6.45, 7) is 5.67. The largest absolute Gasteiger partial charge is 0.477 e. The number of nitrogens with zero attached hydrogens (tertiary/aromatic N) is 1. The fourth-order valence-electron chi connectivity index (χ4n) is 1.68. The van der Waals surface area contributed by atoms with Crippen LogP contribution in [0.5, 0.6) is 0 Å². The highest BCUT2D eigenvalue weighted by atomic mass is 16.6. The lowest BCUT2D eigenvalue weighted by molar-refractivity contribution is -0.129. The zero-order valence-corrected chi connectivity index (χ0v) is 11.3. The number of ether oxygens (including phenoxy) is 1. The summed E-state index contributed by atoms with van der Waals surface area (Å²) in [5, 5.41) is 16.2. The fourth-order valence-corrected chi connectivity index (χ4v) is 1.68. The van der Waals surface area contributed by atoms with Crippen LogP contribution in [0.4, 0.5) is 4.79 Å². The van der Waals surface area contributed by atoms with Gasteiger partial charge in [-0.2, -0.15) is 0 Å². The van der Waals surface area contributed by atoms with Crippen molar-refractivity contribution in [2.45, 2.75) is 32.8 Å². The number of hydrogen-bond acceptors (Lipinski definition) is 5. The van der Waals surface area contributed by atoms with Crippen LogP contribution in [0.15, 0.2) is 11.3 Å². The average Bonchev–Trinajstić information content (AvgIpc) is 2.25. The molecule has 0 saturated carbocycles. The molecule has 0 aromatic carbocycles.